The number of aromatic nitrogens is 2. The summed E-state index contributed by atoms with van der Waals surface area (Å²) >= 11 is 0. The van der Waals surface area contributed by atoms with E-state index in [4.69, 9.17) is 0 Å². The van der Waals surface area contributed by atoms with Crippen LogP contribution in [0, 0.1) is 0 Å². The van der Waals surface area contributed by atoms with E-state index in [0.717, 1.165) is 0 Å². The van der Waals surface area contributed by atoms with Crippen molar-refractivity contribution in [2.75, 3.05) is 0 Å². The summed E-state index contributed by atoms with van der Waals surface area (Å²) in [5.74, 6) is 0. The first-order chi connectivity index (χ1) is 14.8. The van der Waals surface area contributed by atoms with E-state index in [2.05, 4.69) is 48.6 Å². The molecule has 1 unspecified atom stereocenters. The Morgan fingerprint density at radius 3 is 1.53 bits per heavy atom. The van der Waals surface area contributed by atoms with Gasteiger partial charge in [-0.1, -0.05) is 117 Å². The molecule has 0 aromatic carbocycles. The van der Waals surface area contributed by atoms with Crippen LogP contribution in [0.5, 0.6) is 0 Å². The number of imidazole rings is 1. The van der Waals surface area contributed by atoms with Crippen LogP contribution in [0.4, 0.5) is 0 Å². The maximum Gasteiger partial charge on any atom is 0.243 e. The van der Waals surface area contributed by atoms with Gasteiger partial charge >= 0.3 is 0 Å². The van der Waals surface area contributed by atoms with Gasteiger partial charge in [-0.05, 0) is 32.6 Å². The molecule has 1 atom stereocenters. The SMILES string of the molecule is CCCCCCCCCCCCCCCCCC[n+]1ccn(C(C)CCCCC)c1. The number of hydrogen-bond donors (Lipinski definition) is 0. The van der Waals surface area contributed by atoms with Crippen LogP contribution in [0.25, 0.3) is 0 Å². The highest BCUT2D eigenvalue weighted by Crippen LogP contribution is 2.15. The van der Waals surface area contributed by atoms with E-state index in [-0.39, 0.29) is 0 Å². The fraction of sp³-hybridized carbons (Fsp3) is 0.893. The largest absolute Gasteiger partial charge is 0.243 e. The molecule has 0 spiro atoms. The third kappa shape index (κ3) is 15.1. The van der Waals surface area contributed by atoms with Crippen LogP contribution in [0.2, 0.25) is 0 Å². The van der Waals surface area contributed by atoms with Crippen LogP contribution in [0.1, 0.15) is 155 Å². The number of aryl methyl sites for hydroxylation is 1. The van der Waals surface area contributed by atoms with Crippen LogP contribution in [0.3, 0.4) is 0 Å². The molecule has 0 N–H and O–H groups in total. The summed E-state index contributed by atoms with van der Waals surface area (Å²) in [6.45, 7) is 8.13. The van der Waals surface area contributed by atoms with Gasteiger partial charge in [0.2, 0.25) is 6.33 Å². The predicted molar refractivity (Wildman–Crippen MR) is 133 cm³/mol. The lowest BCUT2D eigenvalue weighted by Gasteiger charge is -2.06. The molecule has 1 aromatic rings. The van der Waals surface area contributed by atoms with Gasteiger partial charge in [-0.2, -0.15) is 0 Å². The van der Waals surface area contributed by atoms with E-state index in [1.54, 1.807) is 0 Å². The molecule has 2 nitrogen and oxygen atoms in total. The van der Waals surface area contributed by atoms with Crippen molar-refractivity contribution in [3.05, 3.63) is 18.7 Å². The van der Waals surface area contributed by atoms with Crippen molar-refractivity contribution in [3.63, 3.8) is 0 Å². The highest BCUT2D eigenvalue weighted by atomic mass is 15.1. The molecule has 1 rings (SSSR count). The fourth-order valence-electron chi connectivity index (χ4n) is 4.49. The number of hydrogen-bond acceptors (Lipinski definition) is 0. The van der Waals surface area contributed by atoms with Crippen molar-refractivity contribution >= 4 is 0 Å². The van der Waals surface area contributed by atoms with E-state index in [1.807, 2.05) is 0 Å². The molecule has 1 aromatic heterocycles. The Morgan fingerprint density at radius 1 is 0.600 bits per heavy atom. The molecule has 0 aliphatic carbocycles. The van der Waals surface area contributed by atoms with Crippen LogP contribution < -0.4 is 4.57 Å². The predicted octanol–water partition coefficient (Wildman–Crippen LogP) is 9.18. The normalized spacial score (nSPS) is 12.5. The lowest BCUT2D eigenvalue weighted by Crippen LogP contribution is -2.31. The minimum Gasteiger partial charge on any atom is -0.237 e. The Bertz CT molecular complexity index is 465. The topological polar surface area (TPSA) is 8.81 Å². The van der Waals surface area contributed by atoms with E-state index in [1.165, 1.54) is 135 Å². The number of unbranched alkanes of at least 4 members (excludes halogenated alkanes) is 17. The third-order valence-corrected chi connectivity index (χ3v) is 6.72. The van der Waals surface area contributed by atoms with Crippen LogP contribution >= 0.6 is 0 Å². The lowest BCUT2D eigenvalue weighted by molar-refractivity contribution is -0.697. The summed E-state index contributed by atoms with van der Waals surface area (Å²) in [5, 5.41) is 0. The third-order valence-electron chi connectivity index (χ3n) is 6.72. The monoisotopic (exact) mass is 419 g/mol. The zero-order valence-electron chi connectivity index (χ0n) is 21.1. The van der Waals surface area contributed by atoms with E-state index in [9.17, 15) is 0 Å². The molecule has 2 heteroatoms. The molecule has 0 amide bonds. The first-order valence-electron chi connectivity index (χ1n) is 13.8. The summed E-state index contributed by atoms with van der Waals surface area (Å²) in [4.78, 5) is 0. The molecule has 0 bridgehead atoms. The molecule has 0 saturated heterocycles. The summed E-state index contributed by atoms with van der Waals surface area (Å²) in [5.41, 5.74) is 0. The number of nitrogens with zero attached hydrogens (tertiary/aromatic N) is 2. The fourth-order valence-corrected chi connectivity index (χ4v) is 4.49. The Morgan fingerprint density at radius 2 is 1.03 bits per heavy atom. The summed E-state index contributed by atoms with van der Waals surface area (Å²) < 4.78 is 4.79. The second kappa shape index (κ2) is 20.1. The lowest BCUT2D eigenvalue weighted by atomic mass is 10.0. The number of rotatable bonds is 22. The van der Waals surface area contributed by atoms with Gasteiger partial charge in [-0.25, -0.2) is 9.13 Å². The standard InChI is InChI=1S/C28H55N2/c1-4-6-8-9-10-11-12-13-14-15-16-17-18-19-20-22-24-29-25-26-30(27-29)28(3)23-21-7-5-2/h25-28H,4-24H2,1-3H3/q+1. The molecule has 0 radical (unpaired) electrons. The maximum absolute atomic E-state index is 2.40. The minimum atomic E-state index is 0.642. The van der Waals surface area contributed by atoms with Crippen molar-refractivity contribution in [1.82, 2.24) is 4.57 Å². The van der Waals surface area contributed by atoms with Gasteiger partial charge in [0.1, 0.15) is 12.4 Å². The van der Waals surface area contributed by atoms with Gasteiger partial charge in [0.25, 0.3) is 0 Å². The average molecular weight is 420 g/mol. The van der Waals surface area contributed by atoms with E-state index < -0.39 is 0 Å². The highest BCUT2D eigenvalue weighted by Gasteiger charge is 2.11. The Balaban J connectivity index is 1.85. The molecule has 1 heterocycles. The first kappa shape index (κ1) is 27.2. The quantitative estimate of drug-likeness (QED) is 0.131. The molecule has 0 aliphatic heterocycles. The maximum atomic E-state index is 2.40. The molecular formula is C28H55N2+. The van der Waals surface area contributed by atoms with Gasteiger partial charge < -0.3 is 0 Å². The highest BCUT2D eigenvalue weighted by molar-refractivity contribution is 4.72. The van der Waals surface area contributed by atoms with E-state index in [0.29, 0.717) is 6.04 Å². The molecule has 0 fully saturated rings. The van der Waals surface area contributed by atoms with Gasteiger partial charge in [0, 0.05) is 0 Å². The van der Waals surface area contributed by atoms with Crippen molar-refractivity contribution < 1.29 is 4.57 Å². The average Bonchev–Trinajstić information content (AvgIpc) is 3.22. The molecule has 0 saturated carbocycles. The Kier molecular flexibility index (Phi) is 18.3. The second-order valence-electron chi connectivity index (χ2n) is 9.75. The van der Waals surface area contributed by atoms with Gasteiger partial charge in [0.15, 0.2) is 0 Å². The van der Waals surface area contributed by atoms with Crippen molar-refractivity contribution in [3.8, 4) is 0 Å². The molecule has 30 heavy (non-hydrogen) atoms. The summed E-state index contributed by atoms with van der Waals surface area (Å²) in [6, 6.07) is 0.642. The van der Waals surface area contributed by atoms with Crippen molar-refractivity contribution in [2.24, 2.45) is 0 Å². The molecular weight excluding hydrogens is 364 g/mol. The Labute approximate surface area is 189 Å². The second-order valence-corrected chi connectivity index (χ2v) is 9.75. The molecule has 176 valence electrons. The van der Waals surface area contributed by atoms with Crippen molar-refractivity contribution in [2.45, 2.75) is 162 Å². The summed E-state index contributed by atoms with van der Waals surface area (Å²) in [6.07, 6.45) is 35.3. The zero-order valence-corrected chi connectivity index (χ0v) is 21.1. The van der Waals surface area contributed by atoms with Crippen LogP contribution in [-0.2, 0) is 6.54 Å². The van der Waals surface area contributed by atoms with Crippen LogP contribution in [0.15, 0.2) is 18.7 Å². The van der Waals surface area contributed by atoms with Crippen LogP contribution in [-0.4, -0.2) is 4.57 Å². The first-order valence-corrected chi connectivity index (χ1v) is 13.8. The minimum absolute atomic E-state index is 0.642. The van der Waals surface area contributed by atoms with Crippen molar-refractivity contribution in [1.29, 1.82) is 0 Å². The van der Waals surface area contributed by atoms with Gasteiger partial charge in [0.05, 0.1) is 12.6 Å². The summed E-state index contributed by atoms with van der Waals surface area (Å²) in [7, 11) is 0. The van der Waals surface area contributed by atoms with E-state index >= 15 is 0 Å². The zero-order chi connectivity index (χ0) is 21.7. The Hall–Kier alpha value is -0.790. The van der Waals surface area contributed by atoms with Gasteiger partial charge in [-0.3, -0.25) is 0 Å². The smallest absolute Gasteiger partial charge is 0.237 e. The van der Waals surface area contributed by atoms with Gasteiger partial charge in [-0.15, -0.1) is 0 Å². The molecule has 0 aliphatic rings.